The Morgan fingerprint density at radius 3 is 2.63 bits per heavy atom. The van der Waals surface area contributed by atoms with Gasteiger partial charge in [-0.15, -0.1) is 0 Å². The normalized spacial score (nSPS) is 41.8. The van der Waals surface area contributed by atoms with Crippen LogP contribution in [0.1, 0.15) is 38.5 Å². The van der Waals surface area contributed by atoms with Crippen molar-refractivity contribution in [1.29, 1.82) is 0 Å². The summed E-state index contributed by atoms with van der Waals surface area (Å²) in [6, 6.07) is 0.548. The summed E-state index contributed by atoms with van der Waals surface area (Å²) in [6.07, 6.45) is 7.72. The molecular formula is C16H30N2O. The third-order valence-electron chi connectivity index (χ3n) is 5.98. The van der Waals surface area contributed by atoms with E-state index in [0.717, 1.165) is 50.2 Å². The number of likely N-dealkylation sites (N-methyl/N-ethyl adjacent to an activating group) is 2. The Balaban J connectivity index is 1.46. The maximum Gasteiger partial charge on any atom is 0.0558 e. The van der Waals surface area contributed by atoms with Crippen molar-refractivity contribution in [2.75, 3.05) is 33.7 Å². The minimum absolute atomic E-state index is 0.0803. The quantitative estimate of drug-likeness (QED) is 0.841. The van der Waals surface area contributed by atoms with Gasteiger partial charge in [-0.25, -0.2) is 0 Å². The SMILES string of the molecule is CN1CCN(C)C(CC(O)CC2CC3CCC2C3)C1. The maximum atomic E-state index is 10.4. The number of nitrogens with zero attached hydrogens (tertiary/aromatic N) is 2. The third-order valence-corrected chi connectivity index (χ3v) is 5.98. The number of rotatable bonds is 4. The summed E-state index contributed by atoms with van der Waals surface area (Å²) in [7, 11) is 4.41. The Kier molecular flexibility index (Phi) is 4.16. The number of hydrogen-bond acceptors (Lipinski definition) is 3. The first-order chi connectivity index (χ1) is 9.11. The first-order valence-electron chi connectivity index (χ1n) is 8.18. The molecule has 0 aromatic carbocycles. The van der Waals surface area contributed by atoms with Gasteiger partial charge in [0, 0.05) is 25.7 Å². The van der Waals surface area contributed by atoms with Crippen LogP contribution >= 0.6 is 0 Å². The smallest absolute Gasteiger partial charge is 0.0558 e. The van der Waals surface area contributed by atoms with Crippen molar-refractivity contribution in [2.24, 2.45) is 17.8 Å². The van der Waals surface area contributed by atoms with Crippen molar-refractivity contribution < 1.29 is 5.11 Å². The topological polar surface area (TPSA) is 26.7 Å². The highest BCUT2D eigenvalue weighted by atomic mass is 16.3. The van der Waals surface area contributed by atoms with Gasteiger partial charge >= 0.3 is 0 Å². The second kappa shape index (κ2) is 5.71. The number of aliphatic hydroxyl groups is 1. The molecule has 5 atom stereocenters. The van der Waals surface area contributed by atoms with E-state index in [4.69, 9.17) is 0 Å². The van der Waals surface area contributed by atoms with E-state index in [0.29, 0.717) is 6.04 Å². The highest BCUT2D eigenvalue weighted by molar-refractivity contribution is 4.91. The molecule has 3 fully saturated rings. The molecule has 19 heavy (non-hydrogen) atoms. The van der Waals surface area contributed by atoms with Crippen LogP contribution in [0.25, 0.3) is 0 Å². The summed E-state index contributed by atoms with van der Waals surface area (Å²) in [6.45, 7) is 3.42. The van der Waals surface area contributed by atoms with Crippen LogP contribution in [0.2, 0.25) is 0 Å². The minimum atomic E-state index is -0.0803. The first-order valence-corrected chi connectivity index (χ1v) is 8.18. The van der Waals surface area contributed by atoms with Crippen molar-refractivity contribution in [3.63, 3.8) is 0 Å². The third kappa shape index (κ3) is 3.14. The van der Waals surface area contributed by atoms with E-state index in [1.165, 1.54) is 25.7 Å². The van der Waals surface area contributed by atoms with Crippen LogP contribution in [-0.2, 0) is 0 Å². The molecule has 1 saturated heterocycles. The van der Waals surface area contributed by atoms with Crippen molar-refractivity contribution in [3.8, 4) is 0 Å². The average Bonchev–Trinajstić information content (AvgIpc) is 2.96. The van der Waals surface area contributed by atoms with Gasteiger partial charge in [0.15, 0.2) is 0 Å². The molecule has 3 heteroatoms. The largest absolute Gasteiger partial charge is 0.393 e. The van der Waals surface area contributed by atoms with E-state index in [1.54, 1.807) is 0 Å². The summed E-state index contributed by atoms with van der Waals surface area (Å²) in [5.41, 5.74) is 0. The number of fused-ring (bicyclic) bond motifs is 2. The lowest BCUT2D eigenvalue weighted by Crippen LogP contribution is -2.51. The fourth-order valence-corrected chi connectivity index (χ4v) is 4.78. The summed E-state index contributed by atoms with van der Waals surface area (Å²) in [5.74, 6) is 2.79. The van der Waals surface area contributed by atoms with E-state index in [-0.39, 0.29) is 6.10 Å². The second-order valence-corrected chi connectivity index (χ2v) is 7.46. The van der Waals surface area contributed by atoms with Gasteiger partial charge in [-0.1, -0.05) is 6.42 Å². The van der Waals surface area contributed by atoms with Crippen molar-refractivity contribution in [2.45, 2.75) is 50.7 Å². The van der Waals surface area contributed by atoms with Crippen LogP contribution in [0.5, 0.6) is 0 Å². The summed E-state index contributed by atoms with van der Waals surface area (Å²) < 4.78 is 0. The average molecular weight is 266 g/mol. The Hall–Kier alpha value is -0.120. The molecule has 3 rings (SSSR count). The monoisotopic (exact) mass is 266 g/mol. The van der Waals surface area contributed by atoms with Gasteiger partial charge in [0.05, 0.1) is 6.10 Å². The zero-order valence-corrected chi connectivity index (χ0v) is 12.6. The zero-order chi connectivity index (χ0) is 13.4. The molecular weight excluding hydrogens is 236 g/mol. The molecule has 0 radical (unpaired) electrons. The summed E-state index contributed by atoms with van der Waals surface area (Å²) in [5, 5.41) is 10.4. The van der Waals surface area contributed by atoms with E-state index in [9.17, 15) is 5.11 Å². The lowest BCUT2D eigenvalue weighted by Gasteiger charge is -2.39. The molecule has 3 nitrogen and oxygen atoms in total. The Bertz CT molecular complexity index is 309. The second-order valence-electron chi connectivity index (χ2n) is 7.46. The van der Waals surface area contributed by atoms with E-state index in [1.807, 2.05) is 0 Å². The Morgan fingerprint density at radius 1 is 1.11 bits per heavy atom. The molecule has 2 saturated carbocycles. The molecule has 110 valence electrons. The standard InChI is InChI=1S/C16H30N2O/c1-17-5-6-18(2)15(11-17)10-16(19)9-14-8-12-3-4-13(14)7-12/h12-16,19H,3-11H2,1-2H3. The van der Waals surface area contributed by atoms with Gasteiger partial charge in [-0.05, 0) is 64.0 Å². The van der Waals surface area contributed by atoms with E-state index < -0.39 is 0 Å². The highest BCUT2D eigenvalue weighted by Crippen LogP contribution is 2.50. The lowest BCUT2D eigenvalue weighted by atomic mass is 9.83. The Labute approximate surface area is 118 Å². The molecule has 2 bridgehead atoms. The predicted molar refractivity (Wildman–Crippen MR) is 78.1 cm³/mol. The van der Waals surface area contributed by atoms with Crippen molar-refractivity contribution >= 4 is 0 Å². The minimum Gasteiger partial charge on any atom is -0.393 e. The number of hydrogen-bond donors (Lipinski definition) is 1. The van der Waals surface area contributed by atoms with E-state index in [2.05, 4.69) is 23.9 Å². The van der Waals surface area contributed by atoms with Gasteiger partial charge in [-0.3, -0.25) is 0 Å². The molecule has 1 aliphatic heterocycles. The Morgan fingerprint density at radius 2 is 1.95 bits per heavy atom. The van der Waals surface area contributed by atoms with Gasteiger partial charge in [0.1, 0.15) is 0 Å². The molecule has 0 aromatic heterocycles. The fourth-order valence-electron chi connectivity index (χ4n) is 4.78. The molecule has 1 heterocycles. The lowest BCUT2D eigenvalue weighted by molar-refractivity contribution is 0.0486. The van der Waals surface area contributed by atoms with Gasteiger partial charge < -0.3 is 14.9 Å². The molecule has 5 unspecified atom stereocenters. The van der Waals surface area contributed by atoms with Gasteiger partial charge in [-0.2, -0.15) is 0 Å². The number of piperazine rings is 1. The van der Waals surface area contributed by atoms with Crippen LogP contribution in [0.3, 0.4) is 0 Å². The molecule has 3 aliphatic rings. The van der Waals surface area contributed by atoms with E-state index >= 15 is 0 Å². The zero-order valence-electron chi connectivity index (χ0n) is 12.6. The summed E-state index contributed by atoms with van der Waals surface area (Å²) >= 11 is 0. The number of aliphatic hydroxyl groups excluding tert-OH is 1. The van der Waals surface area contributed by atoms with Crippen molar-refractivity contribution in [3.05, 3.63) is 0 Å². The van der Waals surface area contributed by atoms with Crippen LogP contribution < -0.4 is 0 Å². The maximum absolute atomic E-state index is 10.4. The summed E-state index contributed by atoms with van der Waals surface area (Å²) in [4.78, 5) is 4.83. The molecule has 0 aromatic rings. The van der Waals surface area contributed by atoms with Crippen LogP contribution in [0.15, 0.2) is 0 Å². The molecule has 0 spiro atoms. The molecule has 2 aliphatic carbocycles. The van der Waals surface area contributed by atoms with Crippen LogP contribution in [-0.4, -0.2) is 60.8 Å². The molecule has 0 amide bonds. The van der Waals surface area contributed by atoms with Crippen molar-refractivity contribution in [1.82, 2.24) is 9.80 Å². The van der Waals surface area contributed by atoms with Gasteiger partial charge in [0.2, 0.25) is 0 Å². The molecule has 1 N–H and O–H groups in total. The first kappa shape index (κ1) is 13.8. The van der Waals surface area contributed by atoms with Crippen LogP contribution in [0, 0.1) is 17.8 Å². The van der Waals surface area contributed by atoms with Crippen LogP contribution in [0.4, 0.5) is 0 Å². The fraction of sp³-hybridized carbons (Fsp3) is 1.00. The predicted octanol–water partition coefficient (Wildman–Crippen LogP) is 1.81. The highest BCUT2D eigenvalue weighted by Gasteiger charge is 2.40. The van der Waals surface area contributed by atoms with Gasteiger partial charge in [0.25, 0.3) is 0 Å².